The number of anilines is 3. The number of ether oxygens (including phenoxy) is 1. The van der Waals surface area contributed by atoms with Crippen molar-refractivity contribution >= 4 is 23.4 Å². The standard InChI is InChI=1S/C21H28N6O2/c22-19(28)6-7-23-20-18(16-4-5-16)13-24-21(26-20)25-17-3-1-2-15(12-17)14-27-8-10-29-11-9-27/h1-3,12-13,16H,4-11,14H2,(H2,22,28)(H2,23,24,25,26). The van der Waals surface area contributed by atoms with E-state index in [4.69, 9.17) is 10.5 Å². The largest absolute Gasteiger partial charge is 0.379 e. The first-order valence-electron chi connectivity index (χ1n) is 10.2. The quantitative estimate of drug-likeness (QED) is 0.597. The zero-order chi connectivity index (χ0) is 20.1. The van der Waals surface area contributed by atoms with E-state index in [2.05, 4.69) is 37.6 Å². The highest BCUT2D eigenvalue weighted by molar-refractivity contribution is 5.74. The molecule has 1 aromatic heterocycles. The molecular formula is C21H28N6O2. The van der Waals surface area contributed by atoms with Crippen molar-refractivity contribution in [3.63, 3.8) is 0 Å². The van der Waals surface area contributed by atoms with E-state index < -0.39 is 0 Å². The topological polar surface area (TPSA) is 105 Å². The van der Waals surface area contributed by atoms with Crippen molar-refractivity contribution in [2.45, 2.75) is 31.7 Å². The van der Waals surface area contributed by atoms with Gasteiger partial charge in [0.05, 0.1) is 13.2 Å². The van der Waals surface area contributed by atoms with Crippen LogP contribution in [0, 0.1) is 0 Å². The summed E-state index contributed by atoms with van der Waals surface area (Å²) in [6, 6.07) is 8.33. The summed E-state index contributed by atoms with van der Waals surface area (Å²) in [6.07, 6.45) is 4.48. The predicted octanol–water partition coefficient (Wildman–Crippen LogP) is 2.22. The summed E-state index contributed by atoms with van der Waals surface area (Å²) in [6.45, 7) is 4.89. The summed E-state index contributed by atoms with van der Waals surface area (Å²) in [7, 11) is 0. The fraction of sp³-hybridized carbons (Fsp3) is 0.476. The smallest absolute Gasteiger partial charge is 0.229 e. The molecule has 1 saturated carbocycles. The van der Waals surface area contributed by atoms with Gasteiger partial charge in [-0.05, 0) is 36.5 Å². The number of hydrogen-bond donors (Lipinski definition) is 3. The lowest BCUT2D eigenvalue weighted by molar-refractivity contribution is -0.117. The van der Waals surface area contributed by atoms with E-state index >= 15 is 0 Å². The first-order valence-corrected chi connectivity index (χ1v) is 10.2. The van der Waals surface area contributed by atoms with Gasteiger partial charge >= 0.3 is 0 Å². The van der Waals surface area contributed by atoms with Crippen molar-refractivity contribution in [2.75, 3.05) is 43.5 Å². The van der Waals surface area contributed by atoms with E-state index in [0.717, 1.165) is 62.8 Å². The summed E-state index contributed by atoms with van der Waals surface area (Å²) < 4.78 is 5.42. The molecule has 2 fully saturated rings. The first kappa shape index (κ1) is 19.6. The number of carbonyl (C=O) groups is 1. The van der Waals surface area contributed by atoms with Gasteiger partial charge in [0, 0.05) is 50.0 Å². The molecular weight excluding hydrogens is 368 g/mol. The number of amides is 1. The number of morpholine rings is 1. The highest BCUT2D eigenvalue weighted by atomic mass is 16.5. The maximum Gasteiger partial charge on any atom is 0.229 e. The predicted molar refractivity (Wildman–Crippen MR) is 112 cm³/mol. The van der Waals surface area contributed by atoms with Gasteiger partial charge in [-0.15, -0.1) is 0 Å². The van der Waals surface area contributed by atoms with Gasteiger partial charge in [-0.25, -0.2) is 4.98 Å². The van der Waals surface area contributed by atoms with Crippen LogP contribution in [-0.2, 0) is 16.1 Å². The second-order valence-corrected chi connectivity index (χ2v) is 7.63. The molecule has 8 heteroatoms. The van der Waals surface area contributed by atoms with Crippen molar-refractivity contribution in [2.24, 2.45) is 5.73 Å². The molecule has 154 valence electrons. The number of primary amides is 1. The molecule has 4 rings (SSSR count). The molecule has 0 spiro atoms. The van der Waals surface area contributed by atoms with Crippen LogP contribution >= 0.6 is 0 Å². The summed E-state index contributed by atoms with van der Waals surface area (Å²) in [5, 5.41) is 6.56. The van der Waals surface area contributed by atoms with Crippen LogP contribution in [0.5, 0.6) is 0 Å². The maximum atomic E-state index is 11.0. The lowest BCUT2D eigenvalue weighted by atomic mass is 10.2. The number of nitrogens with two attached hydrogens (primary N) is 1. The van der Waals surface area contributed by atoms with E-state index in [0.29, 0.717) is 18.4 Å². The van der Waals surface area contributed by atoms with E-state index in [1.54, 1.807) is 0 Å². The number of rotatable bonds is 9. The zero-order valence-electron chi connectivity index (χ0n) is 16.6. The monoisotopic (exact) mass is 396 g/mol. The highest BCUT2D eigenvalue weighted by Crippen LogP contribution is 2.42. The van der Waals surface area contributed by atoms with Crippen molar-refractivity contribution in [1.29, 1.82) is 0 Å². The molecule has 2 heterocycles. The Morgan fingerprint density at radius 3 is 2.86 bits per heavy atom. The Kier molecular flexibility index (Phi) is 6.21. The lowest BCUT2D eigenvalue weighted by Crippen LogP contribution is -2.35. The van der Waals surface area contributed by atoms with Crippen LogP contribution in [-0.4, -0.2) is 53.6 Å². The molecule has 4 N–H and O–H groups in total. The molecule has 0 radical (unpaired) electrons. The molecule has 2 aromatic rings. The number of carbonyl (C=O) groups excluding carboxylic acids is 1. The summed E-state index contributed by atoms with van der Waals surface area (Å²) in [4.78, 5) is 22.6. The maximum absolute atomic E-state index is 11.0. The van der Waals surface area contributed by atoms with Gasteiger partial charge in [0.25, 0.3) is 0 Å². The van der Waals surface area contributed by atoms with Crippen LogP contribution in [0.15, 0.2) is 30.5 Å². The molecule has 0 bridgehead atoms. The number of hydrogen-bond acceptors (Lipinski definition) is 7. The average Bonchev–Trinajstić information content (AvgIpc) is 3.54. The van der Waals surface area contributed by atoms with Crippen molar-refractivity contribution < 1.29 is 9.53 Å². The molecule has 0 atom stereocenters. The Balaban J connectivity index is 1.44. The van der Waals surface area contributed by atoms with Crippen LogP contribution in [0.25, 0.3) is 0 Å². The summed E-state index contributed by atoms with van der Waals surface area (Å²) >= 11 is 0. The van der Waals surface area contributed by atoms with Crippen LogP contribution in [0.1, 0.15) is 36.3 Å². The third kappa shape index (κ3) is 5.65. The van der Waals surface area contributed by atoms with Gasteiger partial charge in [-0.2, -0.15) is 4.98 Å². The molecule has 0 unspecified atom stereocenters. The Hall–Kier alpha value is -2.71. The molecule has 2 aliphatic rings. The van der Waals surface area contributed by atoms with Crippen molar-refractivity contribution in [3.8, 4) is 0 Å². The summed E-state index contributed by atoms with van der Waals surface area (Å²) in [5.74, 6) is 1.52. The van der Waals surface area contributed by atoms with E-state index in [-0.39, 0.29) is 12.3 Å². The zero-order valence-corrected chi connectivity index (χ0v) is 16.6. The second kappa shape index (κ2) is 9.19. The Morgan fingerprint density at radius 1 is 1.28 bits per heavy atom. The van der Waals surface area contributed by atoms with E-state index in [9.17, 15) is 4.79 Å². The Labute approximate surface area is 170 Å². The van der Waals surface area contributed by atoms with Gasteiger partial charge in [0.1, 0.15) is 5.82 Å². The van der Waals surface area contributed by atoms with Crippen LogP contribution in [0.2, 0.25) is 0 Å². The fourth-order valence-corrected chi connectivity index (χ4v) is 3.48. The van der Waals surface area contributed by atoms with Crippen LogP contribution in [0.4, 0.5) is 17.5 Å². The number of nitrogens with one attached hydrogen (secondary N) is 2. The molecule has 1 aliphatic carbocycles. The third-order valence-electron chi connectivity index (χ3n) is 5.19. The van der Waals surface area contributed by atoms with Crippen molar-refractivity contribution in [3.05, 3.63) is 41.6 Å². The molecule has 1 saturated heterocycles. The van der Waals surface area contributed by atoms with E-state index in [1.807, 2.05) is 18.3 Å². The van der Waals surface area contributed by atoms with Gasteiger partial charge in [0.15, 0.2) is 0 Å². The van der Waals surface area contributed by atoms with Gasteiger partial charge in [-0.1, -0.05) is 12.1 Å². The minimum absolute atomic E-state index is 0.278. The summed E-state index contributed by atoms with van der Waals surface area (Å²) in [5.41, 5.74) is 8.56. The number of nitrogens with zero attached hydrogens (tertiary/aromatic N) is 3. The van der Waals surface area contributed by atoms with Gasteiger partial charge in [0.2, 0.25) is 11.9 Å². The third-order valence-corrected chi connectivity index (χ3v) is 5.19. The minimum Gasteiger partial charge on any atom is -0.379 e. The molecule has 1 amide bonds. The second-order valence-electron chi connectivity index (χ2n) is 7.63. The number of aromatic nitrogens is 2. The average molecular weight is 396 g/mol. The number of benzene rings is 1. The fourth-order valence-electron chi connectivity index (χ4n) is 3.48. The minimum atomic E-state index is -0.324. The van der Waals surface area contributed by atoms with Crippen LogP contribution in [0.3, 0.4) is 0 Å². The highest BCUT2D eigenvalue weighted by Gasteiger charge is 2.27. The lowest BCUT2D eigenvalue weighted by Gasteiger charge is -2.26. The normalized spacial score (nSPS) is 17.1. The Bertz CT molecular complexity index is 849. The Morgan fingerprint density at radius 2 is 2.10 bits per heavy atom. The molecule has 1 aromatic carbocycles. The SMILES string of the molecule is NC(=O)CCNc1nc(Nc2cccc(CN3CCOCC3)c2)ncc1C1CC1. The van der Waals surface area contributed by atoms with Gasteiger partial charge < -0.3 is 21.1 Å². The van der Waals surface area contributed by atoms with Crippen LogP contribution < -0.4 is 16.4 Å². The first-order chi connectivity index (χ1) is 14.2. The van der Waals surface area contributed by atoms with E-state index in [1.165, 1.54) is 5.56 Å². The molecule has 1 aliphatic heterocycles. The van der Waals surface area contributed by atoms with Gasteiger partial charge in [-0.3, -0.25) is 9.69 Å². The molecule has 8 nitrogen and oxygen atoms in total. The van der Waals surface area contributed by atoms with Crippen molar-refractivity contribution in [1.82, 2.24) is 14.9 Å². The molecule has 29 heavy (non-hydrogen) atoms.